The lowest BCUT2D eigenvalue weighted by Crippen LogP contribution is -1.82. The van der Waals surface area contributed by atoms with Crippen molar-refractivity contribution in [1.29, 1.82) is 0 Å². The van der Waals surface area contributed by atoms with Crippen molar-refractivity contribution in [3.8, 4) is 0 Å². The number of hydrogen-bond acceptors (Lipinski definition) is 0. The Hall–Kier alpha value is -0.390. The molecule has 1 aliphatic rings. The molecule has 0 fully saturated rings. The fraction of sp³-hybridized carbons (Fsp3) is 0.333. The maximum absolute atomic E-state index is 3.40. The molecule has 0 aliphatic heterocycles. The highest BCUT2D eigenvalue weighted by atomic mass is 79.9. The van der Waals surface area contributed by atoms with Crippen LogP contribution in [0.2, 0.25) is 0 Å². The first kappa shape index (κ1) is 7.71. The van der Waals surface area contributed by atoms with E-state index < -0.39 is 0 Å². The van der Waals surface area contributed by atoms with Crippen LogP contribution in [0.3, 0.4) is 0 Å². The number of allylic oxidation sites excluding steroid dienone is 6. The summed E-state index contributed by atoms with van der Waals surface area (Å²) in [4.78, 5) is 0. The maximum Gasteiger partial charge on any atom is 0.106 e. The molecule has 0 unspecified atom stereocenters. The molecule has 52 valence electrons. The SMILES string of the molecule is BrCCCC1=CC=C[C+]=C1. The number of rotatable bonds is 3. The normalized spacial score (nSPS) is 14.7. The van der Waals surface area contributed by atoms with Crippen LogP contribution in [0.1, 0.15) is 12.8 Å². The first-order valence-corrected chi connectivity index (χ1v) is 4.56. The van der Waals surface area contributed by atoms with E-state index in [4.69, 9.17) is 0 Å². The van der Waals surface area contributed by atoms with Gasteiger partial charge in [-0.1, -0.05) is 15.9 Å². The molecule has 1 aliphatic carbocycles. The Morgan fingerprint density at radius 1 is 1.50 bits per heavy atom. The molecule has 0 saturated carbocycles. The second-order valence-corrected chi connectivity index (χ2v) is 3.00. The van der Waals surface area contributed by atoms with Crippen molar-refractivity contribution in [1.82, 2.24) is 0 Å². The molecule has 0 aromatic rings. The molecule has 0 aromatic heterocycles. The van der Waals surface area contributed by atoms with E-state index >= 15 is 0 Å². The van der Waals surface area contributed by atoms with Crippen LogP contribution in [-0.4, -0.2) is 5.33 Å². The lowest BCUT2D eigenvalue weighted by Gasteiger charge is -1.91. The van der Waals surface area contributed by atoms with Crippen molar-refractivity contribution < 1.29 is 0 Å². The van der Waals surface area contributed by atoms with Crippen LogP contribution >= 0.6 is 15.9 Å². The van der Waals surface area contributed by atoms with Crippen LogP contribution in [0.15, 0.2) is 29.9 Å². The van der Waals surface area contributed by atoms with Crippen LogP contribution in [0, 0.1) is 6.08 Å². The molecule has 0 bridgehead atoms. The Kier molecular flexibility index (Phi) is 3.42. The maximum atomic E-state index is 3.40. The van der Waals surface area contributed by atoms with Gasteiger partial charge in [-0.15, -0.1) is 0 Å². The van der Waals surface area contributed by atoms with Crippen LogP contribution in [-0.2, 0) is 0 Å². The third-order valence-electron chi connectivity index (χ3n) is 1.37. The molecule has 0 atom stereocenters. The van der Waals surface area contributed by atoms with Gasteiger partial charge in [0.05, 0.1) is 11.6 Å². The largest absolute Gasteiger partial charge is 0.106 e. The van der Waals surface area contributed by atoms with Gasteiger partial charge < -0.3 is 0 Å². The lowest BCUT2D eigenvalue weighted by atomic mass is 10.1. The van der Waals surface area contributed by atoms with E-state index in [1.165, 1.54) is 12.0 Å². The number of halogens is 1. The minimum Gasteiger partial charge on any atom is -0.0927 e. The molecule has 0 saturated heterocycles. The third kappa shape index (κ3) is 2.47. The molecule has 10 heavy (non-hydrogen) atoms. The summed E-state index contributed by atoms with van der Waals surface area (Å²) in [7, 11) is 0. The standard InChI is InChI=1S/C9H10Br/c10-8-4-7-9-5-2-1-3-6-9/h1-2,5-6H,4,7-8H2/q+1. The minimum absolute atomic E-state index is 1.09. The van der Waals surface area contributed by atoms with Crippen molar-refractivity contribution in [2.75, 3.05) is 5.33 Å². The predicted octanol–water partition coefficient (Wildman–Crippen LogP) is 3.02. The minimum atomic E-state index is 1.09. The van der Waals surface area contributed by atoms with Crippen LogP contribution < -0.4 is 0 Å². The summed E-state index contributed by atoms with van der Waals surface area (Å²) in [6.07, 6.45) is 13.6. The molecule has 0 heterocycles. The smallest absolute Gasteiger partial charge is 0.0927 e. The Labute approximate surface area is 70.5 Å². The zero-order valence-corrected chi connectivity index (χ0v) is 7.39. The summed E-state index contributed by atoms with van der Waals surface area (Å²) in [6, 6.07) is 0. The molecule has 1 heteroatoms. The average Bonchev–Trinajstić information content (AvgIpc) is 2.03. The first-order valence-electron chi connectivity index (χ1n) is 3.44. The molecule has 0 spiro atoms. The second-order valence-electron chi connectivity index (χ2n) is 2.20. The third-order valence-corrected chi connectivity index (χ3v) is 1.93. The van der Waals surface area contributed by atoms with Gasteiger partial charge in [0.2, 0.25) is 0 Å². The topological polar surface area (TPSA) is 0 Å². The van der Waals surface area contributed by atoms with Crippen LogP contribution in [0.4, 0.5) is 0 Å². The van der Waals surface area contributed by atoms with Gasteiger partial charge in [-0.3, -0.25) is 0 Å². The van der Waals surface area contributed by atoms with Crippen molar-refractivity contribution in [2.45, 2.75) is 12.8 Å². The van der Waals surface area contributed by atoms with E-state index in [0.29, 0.717) is 0 Å². The molecule has 1 rings (SSSR count). The Bertz CT molecular complexity index is 175. The molecule has 0 N–H and O–H groups in total. The summed E-state index contributed by atoms with van der Waals surface area (Å²) >= 11 is 3.40. The summed E-state index contributed by atoms with van der Waals surface area (Å²) in [5.41, 5.74) is 1.38. The van der Waals surface area contributed by atoms with E-state index in [9.17, 15) is 0 Å². The highest BCUT2D eigenvalue weighted by Crippen LogP contribution is 2.10. The van der Waals surface area contributed by atoms with Gasteiger partial charge in [0, 0.05) is 23.9 Å². The fourth-order valence-corrected chi connectivity index (χ4v) is 1.14. The zero-order valence-electron chi connectivity index (χ0n) is 5.81. The Morgan fingerprint density at radius 2 is 2.40 bits per heavy atom. The molecule has 0 nitrogen and oxygen atoms in total. The van der Waals surface area contributed by atoms with Gasteiger partial charge in [0.25, 0.3) is 0 Å². The zero-order chi connectivity index (χ0) is 7.23. The summed E-state index contributed by atoms with van der Waals surface area (Å²) in [5.74, 6) is 0. The van der Waals surface area contributed by atoms with Crippen molar-refractivity contribution in [3.63, 3.8) is 0 Å². The Morgan fingerprint density at radius 3 is 3.00 bits per heavy atom. The van der Waals surface area contributed by atoms with Crippen LogP contribution in [0.5, 0.6) is 0 Å². The monoisotopic (exact) mass is 197 g/mol. The van der Waals surface area contributed by atoms with Crippen molar-refractivity contribution in [2.24, 2.45) is 0 Å². The second kappa shape index (κ2) is 4.43. The van der Waals surface area contributed by atoms with Gasteiger partial charge in [-0.25, -0.2) is 0 Å². The first-order chi connectivity index (χ1) is 4.93. The van der Waals surface area contributed by atoms with Gasteiger partial charge >= 0.3 is 0 Å². The van der Waals surface area contributed by atoms with Gasteiger partial charge in [0.15, 0.2) is 0 Å². The van der Waals surface area contributed by atoms with Gasteiger partial charge in [0.1, 0.15) is 12.2 Å². The Balaban J connectivity index is 2.35. The summed E-state index contributed by atoms with van der Waals surface area (Å²) in [6.45, 7) is 0. The van der Waals surface area contributed by atoms with E-state index in [1.54, 1.807) is 0 Å². The molecular weight excluding hydrogens is 188 g/mol. The molecular formula is C9H10Br+. The lowest BCUT2D eigenvalue weighted by molar-refractivity contribution is 0.942. The van der Waals surface area contributed by atoms with Gasteiger partial charge in [-0.2, -0.15) is 0 Å². The quantitative estimate of drug-likeness (QED) is 0.483. The number of alkyl halides is 1. The summed E-state index contributed by atoms with van der Waals surface area (Å²) < 4.78 is 0. The van der Waals surface area contributed by atoms with Crippen molar-refractivity contribution >= 4 is 15.9 Å². The molecule has 0 amide bonds. The van der Waals surface area contributed by atoms with E-state index in [0.717, 1.165) is 11.8 Å². The van der Waals surface area contributed by atoms with Crippen LogP contribution in [0.25, 0.3) is 0 Å². The average molecular weight is 198 g/mol. The highest BCUT2D eigenvalue weighted by molar-refractivity contribution is 9.09. The number of hydrogen-bond donors (Lipinski definition) is 0. The summed E-state index contributed by atoms with van der Waals surface area (Å²) in [5, 5.41) is 1.09. The molecule has 0 radical (unpaired) electrons. The molecule has 0 aromatic carbocycles. The van der Waals surface area contributed by atoms with E-state index in [-0.39, 0.29) is 0 Å². The fourth-order valence-electron chi connectivity index (χ4n) is 0.857. The van der Waals surface area contributed by atoms with Gasteiger partial charge in [-0.05, 0) is 6.42 Å². The predicted molar refractivity (Wildman–Crippen MR) is 48.1 cm³/mol. The highest BCUT2D eigenvalue weighted by Gasteiger charge is 2.00. The van der Waals surface area contributed by atoms with E-state index in [2.05, 4.69) is 28.1 Å². The van der Waals surface area contributed by atoms with Crippen molar-refractivity contribution in [3.05, 3.63) is 36.0 Å². The van der Waals surface area contributed by atoms with E-state index in [1.807, 2.05) is 18.2 Å².